The number of nitro groups is 1. The fourth-order valence-corrected chi connectivity index (χ4v) is 1.65. The zero-order chi connectivity index (χ0) is 14.7. The molecule has 8 nitrogen and oxygen atoms in total. The Morgan fingerprint density at radius 3 is 2.80 bits per heavy atom. The standard InChI is InChI=1S/C12H11N3O5/c1-2-20-11(16)6-10-12(17)14-9-5-7(15(18)19)3-4-8(9)13-10/h3-6,13H,2H2,1H3,(H,14,17)/b10-6+. The summed E-state index contributed by atoms with van der Waals surface area (Å²) in [7, 11) is 0. The number of fused-ring (bicyclic) bond motifs is 1. The van der Waals surface area contributed by atoms with E-state index in [0.29, 0.717) is 5.69 Å². The average Bonchev–Trinajstić information content (AvgIpc) is 2.39. The van der Waals surface area contributed by atoms with E-state index in [4.69, 9.17) is 4.74 Å². The van der Waals surface area contributed by atoms with Crippen LogP contribution < -0.4 is 10.6 Å². The molecule has 1 aliphatic heterocycles. The molecule has 2 rings (SSSR count). The maximum Gasteiger partial charge on any atom is 0.333 e. The highest BCUT2D eigenvalue weighted by molar-refractivity contribution is 6.13. The number of carbonyl (C=O) groups is 2. The SMILES string of the molecule is CCOC(=O)/C=C1/Nc2ccc([N+](=O)[O-])cc2NC1=O. The number of nitrogens with zero attached hydrogens (tertiary/aromatic N) is 1. The first-order valence-corrected chi connectivity index (χ1v) is 5.76. The molecule has 20 heavy (non-hydrogen) atoms. The average molecular weight is 277 g/mol. The van der Waals surface area contributed by atoms with Gasteiger partial charge in [-0.3, -0.25) is 14.9 Å². The van der Waals surface area contributed by atoms with E-state index in [2.05, 4.69) is 10.6 Å². The topological polar surface area (TPSA) is 111 Å². The molecule has 8 heteroatoms. The summed E-state index contributed by atoms with van der Waals surface area (Å²) >= 11 is 0. The van der Waals surface area contributed by atoms with Crippen LogP contribution in [0, 0.1) is 10.1 Å². The van der Waals surface area contributed by atoms with E-state index < -0.39 is 16.8 Å². The first-order valence-electron chi connectivity index (χ1n) is 5.76. The molecule has 1 aliphatic rings. The highest BCUT2D eigenvalue weighted by Gasteiger charge is 2.22. The number of ether oxygens (including phenoxy) is 1. The van der Waals surface area contributed by atoms with E-state index in [9.17, 15) is 19.7 Å². The zero-order valence-electron chi connectivity index (χ0n) is 10.5. The van der Waals surface area contributed by atoms with Gasteiger partial charge in [0.2, 0.25) is 0 Å². The molecule has 0 unspecified atom stereocenters. The summed E-state index contributed by atoms with van der Waals surface area (Å²) in [6.07, 6.45) is 1.03. The van der Waals surface area contributed by atoms with E-state index in [1.807, 2.05) is 0 Å². The minimum Gasteiger partial charge on any atom is -0.463 e. The molecule has 1 heterocycles. The molecule has 0 atom stereocenters. The summed E-state index contributed by atoms with van der Waals surface area (Å²) in [5.41, 5.74) is 0.629. The number of anilines is 2. The number of carbonyl (C=O) groups excluding carboxylic acids is 2. The van der Waals surface area contributed by atoms with Crippen LogP contribution in [0.4, 0.5) is 17.1 Å². The van der Waals surface area contributed by atoms with Crippen LogP contribution in [-0.4, -0.2) is 23.4 Å². The smallest absolute Gasteiger partial charge is 0.333 e. The van der Waals surface area contributed by atoms with Gasteiger partial charge < -0.3 is 15.4 Å². The lowest BCUT2D eigenvalue weighted by atomic mass is 10.1. The van der Waals surface area contributed by atoms with Crippen LogP contribution in [0.2, 0.25) is 0 Å². The fourth-order valence-electron chi connectivity index (χ4n) is 1.65. The van der Waals surface area contributed by atoms with Crippen LogP contribution >= 0.6 is 0 Å². The summed E-state index contributed by atoms with van der Waals surface area (Å²) < 4.78 is 4.71. The number of amides is 1. The molecule has 1 aromatic rings. The Labute approximate surface area is 113 Å². The van der Waals surface area contributed by atoms with Crippen molar-refractivity contribution in [2.24, 2.45) is 0 Å². The molecule has 1 aromatic carbocycles. The van der Waals surface area contributed by atoms with Crippen molar-refractivity contribution >= 4 is 28.9 Å². The van der Waals surface area contributed by atoms with Gasteiger partial charge in [0, 0.05) is 12.1 Å². The van der Waals surface area contributed by atoms with Gasteiger partial charge in [-0.25, -0.2) is 4.79 Å². The van der Waals surface area contributed by atoms with Crippen molar-refractivity contribution in [3.8, 4) is 0 Å². The largest absolute Gasteiger partial charge is 0.463 e. The Balaban J connectivity index is 2.28. The second-order valence-corrected chi connectivity index (χ2v) is 3.88. The van der Waals surface area contributed by atoms with Gasteiger partial charge in [-0.1, -0.05) is 0 Å². The number of hydrogen-bond donors (Lipinski definition) is 2. The molecule has 104 valence electrons. The van der Waals surface area contributed by atoms with E-state index in [-0.39, 0.29) is 23.7 Å². The molecular weight excluding hydrogens is 266 g/mol. The van der Waals surface area contributed by atoms with Gasteiger partial charge in [-0.05, 0) is 13.0 Å². The number of non-ortho nitro benzene ring substituents is 1. The van der Waals surface area contributed by atoms with Gasteiger partial charge in [-0.15, -0.1) is 0 Å². The third kappa shape index (κ3) is 2.74. The molecule has 0 saturated carbocycles. The molecule has 0 saturated heterocycles. The Kier molecular flexibility index (Phi) is 3.65. The lowest BCUT2D eigenvalue weighted by molar-refractivity contribution is -0.384. The summed E-state index contributed by atoms with van der Waals surface area (Å²) in [4.78, 5) is 33.2. The van der Waals surface area contributed by atoms with Gasteiger partial charge >= 0.3 is 5.97 Å². The van der Waals surface area contributed by atoms with Crippen molar-refractivity contribution in [2.45, 2.75) is 6.92 Å². The molecule has 2 N–H and O–H groups in total. The van der Waals surface area contributed by atoms with Crippen molar-refractivity contribution in [1.82, 2.24) is 0 Å². The number of nitrogens with one attached hydrogen (secondary N) is 2. The first kappa shape index (κ1) is 13.5. The van der Waals surface area contributed by atoms with Crippen molar-refractivity contribution in [1.29, 1.82) is 0 Å². The molecule has 0 radical (unpaired) electrons. The number of hydrogen-bond acceptors (Lipinski definition) is 6. The Hall–Kier alpha value is -2.90. The Morgan fingerprint density at radius 1 is 1.40 bits per heavy atom. The molecule has 0 bridgehead atoms. The zero-order valence-corrected chi connectivity index (χ0v) is 10.5. The van der Waals surface area contributed by atoms with Gasteiger partial charge in [0.1, 0.15) is 5.70 Å². The van der Waals surface area contributed by atoms with Crippen molar-refractivity contribution in [2.75, 3.05) is 17.2 Å². The Bertz CT molecular complexity index is 624. The molecule has 0 fully saturated rings. The van der Waals surface area contributed by atoms with Gasteiger partial charge in [-0.2, -0.15) is 0 Å². The van der Waals surface area contributed by atoms with Gasteiger partial charge in [0.05, 0.1) is 29.0 Å². The second kappa shape index (κ2) is 5.39. The minimum atomic E-state index is -0.643. The number of esters is 1. The highest BCUT2D eigenvalue weighted by Crippen LogP contribution is 2.31. The normalized spacial score (nSPS) is 15.1. The van der Waals surface area contributed by atoms with Crippen molar-refractivity contribution in [3.63, 3.8) is 0 Å². The van der Waals surface area contributed by atoms with Gasteiger partial charge in [0.25, 0.3) is 11.6 Å². The number of benzene rings is 1. The van der Waals surface area contributed by atoms with Crippen LogP contribution in [0.15, 0.2) is 30.0 Å². The van der Waals surface area contributed by atoms with E-state index >= 15 is 0 Å². The first-order chi connectivity index (χ1) is 9.51. The Morgan fingerprint density at radius 2 is 2.15 bits per heavy atom. The fraction of sp³-hybridized carbons (Fsp3) is 0.167. The monoisotopic (exact) mass is 277 g/mol. The van der Waals surface area contributed by atoms with Crippen LogP contribution in [0.25, 0.3) is 0 Å². The predicted octanol–water partition coefficient (Wildman–Crippen LogP) is 1.41. The predicted molar refractivity (Wildman–Crippen MR) is 70.1 cm³/mol. The maximum absolute atomic E-state index is 11.8. The van der Waals surface area contributed by atoms with Crippen LogP contribution in [-0.2, 0) is 14.3 Å². The molecule has 0 spiro atoms. The van der Waals surface area contributed by atoms with Gasteiger partial charge in [0.15, 0.2) is 0 Å². The quantitative estimate of drug-likeness (QED) is 0.374. The number of rotatable bonds is 3. The summed E-state index contributed by atoms with van der Waals surface area (Å²) in [5, 5.41) is 15.8. The lowest BCUT2D eigenvalue weighted by Crippen LogP contribution is -2.26. The van der Waals surface area contributed by atoms with Crippen molar-refractivity contribution < 1.29 is 19.2 Å². The summed E-state index contributed by atoms with van der Waals surface area (Å²) in [6, 6.07) is 3.98. The molecular formula is C12H11N3O5. The second-order valence-electron chi connectivity index (χ2n) is 3.88. The van der Waals surface area contributed by atoms with Crippen LogP contribution in [0.1, 0.15) is 6.92 Å². The van der Waals surface area contributed by atoms with Crippen molar-refractivity contribution in [3.05, 3.63) is 40.1 Å². The third-order valence-corrected chi connectivity index (χ3v) is 2.52. The van der Waals surface area contributed by atoms with E-state index in [1.54, 1.807) is 6.92 Å². The van der Waals surface area contributed by atoms with E-state index in [0.717, 1.165) is 6.08 Å². The van der Waals surface area contributed by atoms with Crippen LogP contribution in [0.3, 0.4) is 0 Å². The minimum absolute atomic E-state index is 0.0183. The summed E-state index contributed by atoms with van der Waals surface area (Å²) in [6.45, 7) is 1.85. The number of nitro benzene ring substituents is 1. The maximum atomic E-state index is 11.8. The molecule has 1 amide bonds. The third-order valence-electron chi connectivity index (χ3n) is 2.52. The van der Waals surface area contributed by atoms with Crippen LogP contribution in [0.5, 0.6) is 0 Å². The highest BCUT2D eigenvalue weighted by atomic mass is 16.6. The lowest BCUT2D eigenvalue weighted by Gasteiger charge is -2.20. The molecule has 0 aromatic heterocycles. The molecule has 0 aliphatic carbocycles. The summed E-state index contributed by atoms with van der Waals surface area (Å²) in [5.74, 6) is -1.21. The van der Waals surface area contributed by atoms with E-state index in [1.165, 1.54) is 18.2 Å².